The maximum absolute atomic E-state index is 12.5. The lowest BCUT2D eigenvalue weighted by molar-refractivity contribution is 0.0602. The molecule has 0 bridgehead atoms. The number of nitrogens with one attached hydrogen (secondary N) is 1. The first-order chi connectivity index (χ1) is 11.8. The van der Waals surface area contributed by atoms with Gasteiger partial charge in [0.1, 0.15) is 10.6 Å². The molecule has 0 heterocycles. The Balaban J connectivity index is 2.39. The van der Waals surface area contributed by atoms with E-state index in [-0.39, 0.29) is 27.5 Å². The van der Waals surface area contributed by atoms with Crippen molar-refractivity contribution in [1.29, 1.82) is 0 Å². The van der Waals surface area contributed by atoms with Crippen LogP contribution < -0.4 is 10.1 Å². The third-order valence-electron chi connectivity index (χ3n) is 3.41. The minimum absolute atomic E-state index is 0.0936. The number of esters is 1. The normalized spacial score (nSPS) is 10.8. The molecule has 2 aromatic carbocycles. The molecule has 0 spiro atoms. The van der Waals surface area contributed by atoms with Crippen molar-refractivity contribution in [2.75, 3.05) is 25.8 Å². The van der Waals surface area contributed by atoms with Gasteiger partial charge in [0, 0.05) is 11.8 Å². The van der Waals surface area contributed by atoms with Crippen LogP contribution in [0.1, 0.15) is 20.7 Å². The van der Waals surface area contributed by atoms with Crippen molar-refractivity contribution in [2.45, 2.75) is 4.90 Å². The lowest BCUT2D eigenvalue weighted by Gasteiger charge is -2.11. The smallest absolute Gasteiger partial charge is 0.339 e. The van der Waals surface area contributed by atoms with Gasteiger partial charge in [-0.15, -0.1) is 0 Å². The number of methoxy groups -OCH3 is 2. The van der Waals surface area contributed by atoms with Gasteiger partial charge in [0.2, 0.25) is 0 Å². The van der Waals surface area contributed by atoms with Gasteiger partial charge >= 0.3 is 5.97 Å². The highest BCUT2D eigenvalue weighted by atomic mass is 32.2. The van der Waals surface area contributed by atoms with Crippen LogP contribution in [-0.4, -0.2) is 40.8 Å². The van der Waals surface area contributed by atoms with Crippen LogP contribution >= 0.6 is 0 Å². The number of hydrogen-bond donors (Lipinski definition) is 1. The van der Waals surface area contributed by atoms with Crippen molar-refractivity contribution in [1.82, 2.24) is 0 Å². The van der Waals surface area contributed by atoms with E-state index in [1.165, 1.54) is 38.5 Å². The van der Waals surface area contributed by atoms with Gasteiger partial charge < -0.3 is 14.8 Å². The minimum atomic E-state index is -3.58. The quantitative estimate of drug-likeness (QED) is 0.817. The molecule has 2 rings (SSSR count). The molecular formula is C17H17NO6S. The summed E-state index contributed by atoms with van der Waals surface area (Å²) in [6.45, 7) is 0. The van der Waals surface area contributed by atoms with Crippen LogP contribution in [-0.2, 0) is 14.6 Å². The zero-order valence-corrected chi connectivity index (χ0v) is 14.7. The number of carbonyl (C=O) groups is 2. The number of sulfone groups is 1. The van der Waals surface area contributed by atoms with Gasteiger partial charge in [0.15, 0.2) is 9.84 Å². The number of rotatable bonds is 5. The van der Waals surface area contributed by atoms with Crippen LogP contribution in [0.4, 0.5) is 5.69 Å². The summed E-state index contributed by atoms with van der Waals surface area (Å²) in [4.78, 5) is 24.1. The summed E-state index contributed by atoms with van der Waals surface area (Å²) < 4.78 is 33.4. The number of carbonyl (C=O) groups excluding carboxylic acids is 2. The van der Waals surface area contributed by atoms with Crippen LogP contribution in [0.2, 0.25) is 0 Å². The molecule has 1 amide bonds. The fourth-order valence-corrected chi connectivity index (χ4v) is 3.04. The monoisotopic (exact) mass is 363 g/mol. The van der Waals surface area contributed by atoms with Gasteiger partial charge in [-0.1, -0.05) is 12.1 Å². The number of anilines is 1. The molecule has 0 aliphatic carbocycles. The summed E-state index contributed by atoms with van der Waals surface area (Å²) in [5, 5.41) is 2.58. The molecule has 0 aliphatic heterocycles. The molecule has 2 aromatic rings. The molecule has 1 N–H and O–H groups in total. The van der Waals surface area contributed by atoms with Gasteiger partial charge in [-0.05, 0) is 30.3 Å². The van der Waals surface area contributed by atoms with Crippen molar-refractivity contribution in [3.8, 4) is 5.75 Å². The molecule has 0 fully saturated rings. The molecule has 7 nitrogen and oxygen atoms in total. The Labute approximate surface area is 145 Å². The third-order valence-corrected chi connectivity index (χ3v) is 4.52. The minimum Gasteiger partial charge on any atom is -0.495 e. The van der Waals surface area contributed by atoms with Crippen LogP contribution in [0.3, 0.4) is 0 Å². The van der Waals surface area contributed by atoms with E-state index in [4.69, 9.17) is 4.74 Å². The summed E-state index contributed by atoms with van der Waals surface area (Å²) in [5.74, 6) is -1.01. The Hall–Kier alpha value is -2.87. The maximum Gasteiger partial charge on any atom is 0.339 e. The molecule has 132 valence electrons. The van der Waals surface area contributed by atoms with Crippen LogP contribution in [0.15, 0.2) is 47.4 Å². The standard InChI is InChI=1S/C17H17NO6S/c1-23-14-9-8-11(10-15(14)25(3,21)22)16(19)18-13-7-5-4-6-12(13)17(20)24-2/h4-10H,1-3H3,(H,18,19). The lowest BCUT2D eigenvalue weighted by atomic mass is 10.1. The second-order valence-corrected chi connectivity index (χ2v) is 7.11. The van der Waals surface area contributed by atoms with Gasteiger partial charge in [0.25, 0.3) is 5.91 Å². The zero-order chi connectivity index (χ0) is 18.6. The van der Waals surface area contributed by atoms with Crippen molar-refractivity contribution in [3.05, 3.63) is 53.6 Å². The van der Waals surface area contributed by atoms with Gasteiger partial charge in [-0.2, -0.15) is 0 Å². The van der Waals surface area contributed by atoms with E-state index in [0.717, 1.165) is 6.26 Å². The van der Waals surface area contributed by atoms with Crippen molar-refractivity contribution in [2.24, 2.45) is 0 Å². The molecule has 0 aliphatic rings. The van der Waals surface area contributed by atoms with Crippen LogP contribution in [0.25, 0.3) is 0 Å². The average molecular weight is 363 g/mol. The summed E-state index contributed by atoms with van der Waals surface area (Å²) in [5.41, 5.74) is 0.562. The Kier molecular flexibility index (Phi) is 5.43. The average Bonchev–Trinajstić information content (AvgIpc) is 2.60. The Morgan fingerprint density at radius 1 is 1.04 bits per heavy atom. The predicted molar refractivity (Wildman–Crippen MR) is 91.8 cm³/mol. The molecule has 0 unspecified atom stereocenters. The first-order valence-electron chi connectivity index (χ1n) is 7.14. The molecule has 0 atom stereocenters. The van der Waals surface area contributed by atoms with Gasteiger partial charge in [0.05, 0.1) is 25.5 Å². The third kappa shape index (κ3) is 4.16. The topological polar surface area (TPSA) is 98.8 Å². The maximum atomic E-state index is 12.5. The summed E-state index contributed by atoms with van der Waals surface area (Å²) in [7, 11) is -0.997. The SMILES string of the molecule is COC(=O)c1ccccc1NC(=O)c1ccc(OC)c(S(C)(=O)=O)c1. The number of hydrogen-bond acceptors (Lipinski definition) is 6. The fourth-order valence-electron chi connectivity index (χ4n) is 2.18. The highest BCUT2D eigenvalue weighted by Crippen LogP contribution is 2.25. The second-order valence-electron chi connectivity index (χ2n) is 5.13. The van der Waals surface area contributed by atoms with Gasteiger partial charge in [-0.25, -0.2) is 13.2 Å². The zero-order valence-electron chi connectivity index (χ0n) is 13.9. The molecule has 0 saturated heterocycles. The molecular weight excluding hydrogens is 346 g/mol. The fraction of sp³-hybridized carbons (Fsp3) is 0.176. The molecule has 25 heavy (non-hydrogen) atoms. The highest BCUT2D eigenvalue weighted by molar-refractivity contribution is 7.90. The molecule has 8 heteroatoms. The Morgan fingerprint density at radius 3 is 2.32 bits per heavy atom. The van der Waals surface area contributed by atoms with E-state index in [0.29, 0.717) is 0 Å². The summed E-state index contributed by atoms with van der Waals surface area (Å²) in [6, 6.07) is 10.4. The summed E-state index contributed by atoms with van der Waals surface area (Å²) in [6.07, 6.45) is 1.03. The van der Waals surface area contributed by atoms with Crippen LogP contribution in [0.5, 0.6) is 5.75 Å². The molecule has 0 saturated carbocycles. The van der Waals surface area contributed by atoms with Gasteiger partial charge in [-0.3, -0.25) is 4.79 Å². The van der Waals surface area contributed by atoms with Crippen molar-refractivity contribution < 1.29 is 27.5 Å². The number of amides is 1. The lowest BCUT2D eigenvalue weighted by Crippen LogP contribution is -2.16. The van der Waals surface area contributed by atoms with E-state index in [2.05, 4.69) is 10.1 Å². The predicted octanol–water partition coefficient (Wildman–Crippen LogP) is 2.14. The van der Waals surface area contributed by atoms with E-state index in [1.807, 2.05) is 0 Å². The second kappa shape index (κ2) is 7.35. The van der Waals surface area contributed by atoms with E-state index >= 15 is 0 Å². The Morgan fingerprint density at radius 2 is 1.72 bits per heavy atom. The summed E-state index contributed by atoms with van der Waals surface area (Å²) >= 11 is 0. The molecule has 0 radical (unpaired) electrons. The number of para-hydroxylation sites is 1. The van der Waals surface area contributed by atoms with Crippen molar-refractivity contribution in [3.63, 3.8) is 0 Å². The van der Waals surface area contributed by atoms with E-state index < -0.39 is 21.7 Å². The molecule has 0 aromatic heterocycles. The first kappa shape index (κ1) is 18.5. The first-order valence-corrected chi connectivity index (χ1v) is 9.04. The highest BCUT2D eigenvalue weighted by Gasteiger charge is 2.19. The number of benzene rings is 2. The number of ether oxygens (including phenoxy) is 2. The van der Waals surface area contributed by atoms with E-state index in [1.54, 1.807) is 18.2 Å². The van der Waals surface area contributed by atoms with Crippen LogP contribution in [0, 0.1) is 0 Å². The Bertz CT molecular complexity index is 920. The van der Waals surface area contributed by atoms with E-state index in [9.17, 15) is 18.0 Å². The van der Waals surface area contributed by atoms with Crippen molar-refractivity contribution >= 4 is 27.4 Å². The largest absolute Gasteiger partial charge is 0.495 e.